The van der Waals surface area contributed by atoms with E-state index < -0.39 is 11.7 Å². The Morgan fingerprint density at radius 2 is 2.06 bits per heavy atom. The number of benzene rings is 1. The van der Waals surface area contributed by atoms with Crippen LogP contribution in [0.3, 0.4) is 0 Å². The lowest BCUT2D eigenvalue weighted by Gasteiger charge is -2.43. The predicted octanol–water partition coefficient (Wildman–Crippen LogP) is 5.20. The highest BCUT2D eigenvalue weighted by molar-refractivity contribution is 5.78. The van der Waals surface area contributed by atoms with Crippen molar-refractivity contribution in [1.82, 2.24) is 10.2 Å². The minimum Gasteiger partial charge on any atom is -0.381 e. The van der Waals surface area contributed by atoms with Gasteiger partial charge in [0.2, 0.25) is 5.91 Å². The number of alkyl halides is 3. The minimum absolute atomic E-state index is 0.0285. The van der Waals surface area contributed by atoms with Crippen LogP contribution in [-0.4, -0.2) is 43.0 Å². The third-order valence-electron chi connectivity index (χ3n) is 7.45. The van der Waals surface area contributed by atoms with Crippen molar-refractivity contribution < 1.29 is 18.0 Å². The van der Waals surface area contributed by atoms with Gasteiger partial charge in [0, 0.05) is 37.3 Å². The fourth-order valence-electron chi connectivity index (χ4n) is 5.65. The topological polar surface area (TPSA) is 44.4 Å². The van der Waals surface area contributed by atoms with E-state index in [1.54, 1.807) is 6.07 Å². The molecule has 180 valence electrons. The van der Waals surface area contributed by atoms with E-state index in [0.717, 1.165) is 43.6 Å². The number of fused-ring (bicyclic) bond motifs is 1. The molecule has 1 aromatic rings. The molecule has 2 N–H and O–H groups in total. The van der Waals surface area contributed by atoms with E-state index in [1.807, 2.05) is 0 Å². The average molecular weight is 462 g/mol. The number of anilines is 1. The third kappa shape index (κ3) is 5.62. The molecule has 0 saturated carbocycles. The zero-order valence-corrected chi connectivity index (χ0v) is 19.4. The van der Waals surface area contributed by atoms with Gasteiger partial charge in [0.15, 0.2) is 0 Å². The van der Waals surface area contributed by atoms with Crippen molar-refractivity contribution in [2.45, 2.75) is 51.2 Å². The molecule has 5 atom stereocenters. The molecule has 0 radical (unpaired) electrons. The van der Waals surface area contributed by atoms with Gasteiger partial charge in [0.25, 0.3) is 0 Å². The molecule has 1 aliphatic carbocycles. The second-order valence-electron chi connectivity index (χ2n) is 9.90. The summed E-state index contributed by atoms with van der Waals surface area (Å²) in [5, 5.41) is 6.48. The normalized spacial score (nSPS) is 28.7. The number of nitrogens with zero attached hydrogens (tertiary/aromatic N) is 1. The number of allylic oxidation sites excluding steroid dienone is 3. The zero-order chi connectivity index (χ0) is 23.6. The molecule has 0 spiro atoms. The molecule has 33 heavy (non-hydrogen) atoms. The molecule has 0 aromatic heterocycles. The molecule has 1 unspecified atom stereocenters. The highest BCUT2D eigenvalue weighted by Crippen LogP contribution is 2.45. The Hall–Kier alpha value is -2.28. The van der Waals surface area contributed by atoms with Gasteiger partial charge in [-0.1, -0.05) is 38.2 Å². The average Bonchev–Trinajstić information content (AvgIpc) is 2.78. The lowest BCUT2D eigenvalue weighted by atomic mass is 9.70. The number of hydrogen-bond donors (Lipinski definition) is 2. The maximum Gasteiger partial charge on any atom is 0.416 e. The Kier molecular flexibility index (Phi) is 7.17. The quantitative estimate of drug-likeness (QED) is 0.612. The van der Waals surface area contributed by atoms with Crippen LogP contribution >= 0.6 is 0 Å². The standard InChI is InChI=1S/C26H34F3N3O/c1-17(15-32-13-12-30-24(33)16-32)8-10-21-18(2)22-14-20(26(27,28)29)9-11-23(22)31-25(21)19-6-4-3-5-7-19/h3-6,9,11,14,17-19,21,25,31H,7-8,10,12-13,15-16H2,1-2H3,(H,30,33)/t17-,18+,19?,21-,25+/m1/s1. The van der Waals surface area contributed by atoms with Gasteiger partial charge in [-0.25, -0.2) is 0 Å². The lowest BCUT2D eigenvalue weighted by molar-refractivity contribution is -0.137. The molecule has 4 rings (SSSR count). The van der Waals surface area contributed by atoms with E-state index in [9.17, 15) is 18.0 Å². The van der Waals surface area contributed by atoms with Crippen LogP contribution in [0.15, 0.2) is 42.5 Å². The monoisotopic (exact) mass is 461 g/mol. The molecule has 3 aliphatic rings. The summed E-state index contributed by atoms with van der Waals surface area (Å²) < 4.78 is 40.2. The number of rotatable bonds is 6. The highest BCUT2D eigenvalue weighted by Gasteiger charge is 2.39. The van der Waals surface area contributed by atoms with Gasteiger partial charge in [-0.3, -0.25) is 9.69 Å². The van der Waals surface area contributed by atoms with Crippen molar-refractivity contribution in [3.8, 4) is 0 Å². The summed E-state index contributed by atoms with van der Waals surface area (Å²) in [6.45, 7) is 7.17. The van der Waals surface area contributed by atoms with Crippen molar-refractivity contribution >= 4 is 11.6 Å². The first-order chi connectivity index (χ1) is 15.7. The molecule has 1 amide bonds. The largest absolute Gasteiger partial charge is 0.416 e. The van der Waals surface area contributed by atoms with Crippen LogP contribution in [0.1, 0.15) is 50.2 Å². The molecule has 1 saturated heterocycles. The van der Waals surface area contributed by atoms with Gasteiger partial charge in [-0.15, -0.1) is 0 Å². The molecule has 2 heterocycles. The van der Waals surface area contributed by atoms with Crippen LogP contribution in [0.4, 0.5) is 18.9 Å². The first-order valence-corrected chi connectivity index (χ1v) is 12.0. The van der Waals surface area contributed by atoms with E-state index in [1.165, 1.54) is 12.1 Å². The Morgan fingerprint density at radius 1 is 1.24 bits per heavy atom. The summed E-state index contributed by atoms with van der Waals surface area (Å²) in [5.74, 6) is 1.07. The number of hydrogen-bond acceptors (Lipinski definition) is 3. The van der Waals surface area contributed by atoms with Crippen molar-refractivity contribution in [1.29, 1.82) is 0 Å². The fourth-order valence-corrected chi connectivity index (χ4v) is 5.65. The lowest BCUT2D eigenvalue weighted by Crippen LogP contribution is -2.48. The molecular formula is C26H34F3N3O. The van der Waals surface area contributed by atoms with Crippen LogP contribution in [0, 0.1) is 17.8 Å². The number of carbonyl (C=O) groups is 1. The molecular weight excluding hydrogens is 427 g/mol. The predicted molar refractivity (Wildman–Crippen MR) is 125 cm³/mol. The molecule has 4 nitrogen and oxygen atoms in total. The summed E-state index contributed by atoms with van der Waals surface area (Å²) in [6, 6.07) is 4.30. The van der Waals surface area contributed by atoms with Gasteiger partial charge in [0.05, 0.1) is 12.1 Å². The van der Waals surface area contributed by atoms with Crippen molar-refractivity contribution in [2.75, 3.05) is 31.5 Å². The number of halogens is 3. The van der Waals surface area contributed by atoms with E-state index in [2.05, 4.69) is 53.7 Å². The second-order valence-corrected chi connectivity index (χ2v) is 9.90. The second kappa shape index (κ2) is 9.92. The maximum atomic E-state index is 13.4. The number of carbonyl (C=O) groups excluding carboxylic acids is 1. The Balaban J connectivity index is 1.50. The van der Waals surface area contributed by atoms with Crippen LogP contribution < -0.4 is 10.6 Å². The van der Waals surface area contributed by atoms with Gasteiger partial charge >= 0.3 is 6.18 Å². The summed E-state index contributed by atoms with van der Waals surface area (Å²) in [5.41, 5.74) is 1.01. The van der Waals surface area contributed by atoms with Crippen molar-refractivity contribution in [3.05, 3.63) is 53.6 Å². The minimum atomic E-state index is -4.34. The Labute approximate surface area is 194 Å². The van der Waals surface area contributed by atoms with Gasteiger partial charge in [0.1, 0.15) is 0 Å². The van der Waals surface area contributed by atoms with Crippen LogP contribution in [0.25, 0.3) is 0 Å². The molecule has 1 aromatic carbocycles. The smallest absolute Gasteiger partial charge is 0.381 e. The van der Waals surface area contributed by atoms with Gasteiger partial charge in [-0.2, -0.15) is 13.2 Å². The van der Waals surface area contributed by atoms with Crippen LogP contribution in [-0.2, 0) is 11.0 Å². The van der Waals surface area contributed by atoms with E-state index >= 15 is 0 Å². The van der Waals surface area contributed by atoms with Gasteiger partial charge < -0.3 is 10.6 Å². The Morgan fingerprint density at radius 3 is 2.76 bits per heavy atom. The summed E-state index contributed by atoms with van der Waals surface area (Å²) in [4.78, 5) is 13.9. The summed E-state index contributed by atoms with van der Waals surface area (Å²) in [7, 11) is 0. The highest BCUT2D eigenvalue weighted by atomic mass is 19.4. The number of nitrogens with one attached hydrogen (secondary N) is 2. The Bertz CT molecular complexity index is 911. The fraction of sp³-hybridized carbons (Fsp3) is 0.577. The van der Waals surface area contributed by atoms with E-state index in [-0.39, 0.29) is 23.8 Å². The van der Waals surface area contributed by atoms with Crippen molar-refractivity contribution in [3.63, 3.8) is 0 Å². The van der Waals surface area contributed by atoms with Crippen LogP contribution in [0.5, 0.6) is 0 Å². The first-order valence-electron chi connectivity index (χ1n) is 12.0. The molecule has 2 aliphatic heterocycles. The third-order valence-corrected chi connectivity index (χ3v) is 7.45. The van der Waals surface area contributed by atoms with Crippen molar-refractivity contribution in [2.24, 2.45) is 17.8 Å². The van der Waals surface area contributed by atoms with Crippen LogP contribution in [0.2, 0.25) is 0 Å². The summed E-state index contributed by atoms with van der Waals surface area (Å²) in [6.07, 6.45) is 7.03. The maximum absolute atomic E-state index is 13.4. The van der Waals surface area contributed by atoms with E-state index in [0.29, 0.717) is 24.9 Å². The zero-order valence-electron chi connectivity index (χ0n) is 19.4. The van der Waals surface area contributed by atoms with E-state index in [4.69, 9.17) is 0 Å². The summed E-state index contributed by atoms with van der Waals surface area (Å²) >= 11 is 0. The number of amides is 1. The molecule has 0 bridgehead atoms. The first kappa shape index (κ1) is 23.9. The molecule has 1 fully saturated rings. The van der Waals surface area contributed by atoms with Gasteiger partial charge in [-0.05, 0) is 60.8 Å². The molecule has 7 heteroatoms. The SMILES string of the molecule is C[C@H](CC[C@@H]1[C@H](C)c2cc(C(F)(F)F)ccc2N[C@H]1C1C=CC=CC1)CN1CCNC(=O)C1. The number of piperazine rings is 1.